The monoisotopic (exact) mass is 327 g/mol. The van der Waals surface area contributed by atoms with E-state index in [0.717, 1.165) is 24.0 Å². The molecule has 2 unspecified atom stereocenters. The minimum Gasteiger partial charge on any atom is -0.355 e. The van der Waals surface area contributed by atoms with E-state index in [0.29, 0.717) is 5.92 Å². The van der Waals surface area contributed by atoms with Gasteiger partial charge in [0.2, 0.25) is 5.91 Å². The number of alkyl halides is 1. The zero-order chi connectivity index (χ0) is 13.0. The van der Waals surface area contributed by atoms with Gasteiger partial charge in [-0.15, -0.1) is 11.8 Å². The lowest BCUT2D eigenvalue weighted by Crippen LogP contribution is -2.33. The highest BCUT2D eigenvalue weighted by molar-refractivity contribution is 9.09. The molecule has 4 heteroatoms. The first-order valence-electron chi connectivity index (χ1n) is 6.27. The van der Waals surface area contributed by atoms with Crippen molar-refractivity contribution in [1.29, 1.82) is 0 Å². The lowest BCUT2D eigenvalue weighted by Gasteiger charge is -2.14. The molecule has 1 N–H and O–H groups in total. The van der Waals surface area contributed by atoms with E-state index in [2.05, 4.69) is 40.3 Å². The lowest BCUT2D eigenvalue weighted by atomic mass is 10.00. The van der Waals surface area contributed by atoms with Crippen LogP contribution < -0.4 is 5.32 Å². The van der Waals surface area contributed by atoms with Crippen LogP contribution in [-0.4, -0.2) is 23.5 Å². The molecule has 2 atom stereocenters. The van der Waals surface area contributed by atoms with Gasteiger partial charge in [-0.2, -0.15) is 0 Å². The maximum atomic E-state index is 12.2. The molecule has 1 amide bonds. The van der Waals surface area contributed by atoms with E-state index in [1.165, 1.54) is 10.5 Å². The van der Waals surface area contributed by atoms with Gasteiger partial charge in [-0.1, -0.05) is 41.1 Å². The third kappa shape index (κ3) is 3.29. The number of fused-ring (bicyclic) bond motifs is 1. The summed E-state index contributed by atoms with van der Waals surface area (Å²) < 4.78 is 0. The van der Waals surface area contributed by atoms with E-state index in [4.69, 9.17) is 0 Å². The Kier molecular flexibility index (Phi) is 5.13. The summed E-state index contributed by atoms with van der Waals surface area (Å²) in [5.74, 6) is 1.60. The van der Waals surface area contributed by atoms with Crippen LogP contribution in [0, 0.1) is 5.92 Å². The Bertz CT molecular complexity index is 424. The Labute approximate surface area is 121 Å². The Hall–Kier alpha value is -0.480. The molecule has 1 heterocycles. The van der Waals surface area contributed by atoms with Crippen molar-refractivity contribution in [3.8, 4) is 0 Å². The van der Waals surface area contributed by atoms with Crippen molar-refractivity contribution in [3.63, 3.8) is 0 Å². The minimum atomic E-state index is 0.0300. The molecular formula is C14H18BrNOS. The maximum absolute atomic E-state index is 12.2. The number of nitrogens with one attached hydrogen (secondary N) is 1. The molecule has 0 spiro atoms. The summed E-state index contributed by atoms with van der Waals surface area (Å²) in [6.07, 6.45) is 1.09. The van der Waals surface area contributed by atoms with E-state index in [-0.39, 0.29) is 11.8 Å². The van der Waals surface area contributed by atoms with Gasteiger partial charge in [-0.25, -0.2) is 0 Å². The fraction of sp³-hybridized carbons (Fsp3) is 0.500. The van der Waals surface area contributed by atoms with Crippen LogP contribution in [0.5, 0.6) is 0 Å². The lowest BCUT2D eigenvalue weighted by molar-refractivity contribution is -0.122. The van der Waals surface area contributed by atoms with E-state index >= 15 is 0 Å². The molecule has 0 saturated carbocycles. The average Bonchev–Trinajstić information content (AvgIpc) is 2.80. The van der Waals surface area contributed by atoms with E-state index in [1.54, 1.807) is 11.8 Å². The van der Waals surface area contributed by atoms with Gasteiger partial charge in [0.15, 0.2) is 0 Å². The molecule has 2 rings (SSSR count). The third-order valence-corrected chi connectivity index (χ3v) is 4.88. The van der Waals surface area contributed by atoms with Crippen molar-refractivity contribution in [2.75, 3.05) is 17.6 Å². The molecule has 0 bridgehead atoms. The second-order valence-electron chi connectivity index (χ2n) is 4.73. The molecule has 0 fully saturated rings. The van der Waals surface area contributed by atoms with Crippen molar-refractivity contribution in [3.05, 3.63) is 29.8 Å². The quantitative estimate of drug-likeness (QED) is 0.839. The summed E-state index contributed by atoms with van der Waals surface area (Å²) in [5, 5.41) is 4.07. The topological polar surface area (TPSA) is 29.1 Å². The van der Waals surface area contributed by atoms with E-state index in [1.807, 2.05) is 12.1 Å². The highest BCUT2D eigenvalue weighted by Crippen LogP contribution is 2.39. The summed E-state index contributed by atoms with van der Waals surface area (Å²) in [5.41, 5.74) is 1.19. The fourth-order valence-electron chi connectivity index (χ4n) is 2.07. The predicted molar refractivity (Wildman–Crippen MR) is 80.5 cm³/mol. The number of hydrogen-bond acceptors (Lipinski definition) is 2. The number of carbonyl (C=O) groups excluding carboxylic acids is 1. The van der Waals surface area contributed by atoms with Crippen LogP contribution >= 0.6 is 27.7 Å². The summed E-state index contributed by atoms with van der Waals surface area (Å²) in [6, 6.07) is 8.21. The number of thioether (sulfide) groups is 1. The number of rotatable bonds is 5. The Morgan fingerprint density at radius 2 is 2.33 bits per heavy atom. The molecule has 0 saturated heterocycles. The van der Waals surface area contributed by atoms with Crippen LogP contribution in [-0.2, 0) is 4.79 Å². The van der Waals surface area contributed by atoms with Crippen LogP contribution in [0.2, 0.25) is 0 Å². The largest absolute Gasteiger partial charge is 0.355 e. The Balaban J connectivity index is 1.91. The van der Waals surface area contributed by atoms with Gasteiger partial charge < -0.3 is 5.32 Å². The summed E-state index contributed by atoms with van der Waals surface area (Å²) in [4.78, 5) is 13.4. The standard InChI is InChI=1S/C14H18BrNOS/c1-10(6-7-15)8-16-14(17)12-9-18-13-5-3-2-4-11(12)13/h2-5,10,12H,6-9H2,1H3,(H,16,17). The van der Waals surface area contributed by atoms with Gasteiger partial charge in [0.25, 0.3) is 0 Å². The molecule has 1 aliphatic heterocycles. The number of amides is 1. The molecule has 18 heavy (non-hydrogen) atoms. The first-order valence-corrected chi connectivity index (χ1v) is 8.38. The second kappa shape index (κ2) is 6.62. The average molecular weight is 328 g/mol. The van der Waals surface area contributed by atoms with Crippen LogP contribution in [0.3, 0.4) is 0 Å². The number of carbonyl (C=O) groups is 1. The molecule has 0 radical (unpaired) electrons. The molecule has 1 aromatic rings. The first-order chi connectivity index (χ1) is 8.72. The van der Waals surface area contributed by atoms with Gasteiger partial charge in [-0.3, -0.25) is 4.79 Å². The molecular weight excluding hydrogens is 310 g/mol. The zero-order valence-electron chi connectivity index (χ0n) is 10.5. The van der Waals surface area contributed by atoms with Crippen molar-refractivity contribution >= 4 is 33.6 Å². The number of benzene rings is 1. The van der Waals surface area contributed by atoms with Gasteiger partial charge >= 0.3 is 0 Å². The van der Waals surface area contributed by atoms with Crippen molar-refractivity contribution in [2.24, 2.45) is 5.92 Å². The molecule has 98 valence electrons. The van der Waals surface area contributed by atoms with Crippen LogP contribution in [0.25, 0.3) is 0 Å². The van der Waals surface area contributed by atoms with E-state index < -0.39 is 0 Å². The normalized spacial score (nSPS) is 19.3. The van der Waals surface area contributed by atoms with Gasteiger partial charge in [0.1, 0.15) is 0 Å². The van der Waals surface area contributed by atoms with Gasteiger partial charge in [0, 0.05) is 22.5 Å². The summed E-state index contributed by atoms with van der Waals surface area (Å²) >= 11 is 5.21. The predicted octanol–water partition coefficient (Wildman–Crippen LogP) is 3.41. The SMILES string of the molecule is CC(CCBr)CNC(=O)C1CSc2ccccc21. The van der Waals surface area contributed by atoms with Crippen LogP contribution in [0.15, 0.2) is 29.2 Å². The van der Waals surface area contributed by atoms with E-state index in [9.17, 15) is 4.79 Å². The van der Waals surface area contributed by atoms with Gasteiger partial charge in [-0.05, 0) is 24.0 Å². The Morgan fingerprint density at radius 3 is 3.11 bits per heavy atom. The Morgan fingerprint density at radius 1 is 1.56 bits per heavy atom. The molecule has 1 aliphatic rings. The smallest absolute Gasteiger partial charge is 0.228 e. The molecule has 0 aliphatic carbocycles. The van der Waals surface area contributed by atoms with Crippen LogP contribution in [0.1, 0.15) is 24.8 Å². The summed E-state index contributed by atoms with van der Waals surface area (Å²) in [6.45, 7) is 2.94. The van der Waals surface area contributed by atoms with Gasteiger partial charge in [0.05, 0.1) is 5.92 Å². The fourth-order valence-corrected chi connectivity index (χ4v) is 4.08. The highest BCUT2D eigenvalue weighted by Gasteiger charge is 2.28. The second-order valence-corrected chi connectivity index (χ2v) is 6.58. The first kappa shape index (κ1) is 13.9. The van der Waals surface area contributed by atoms with Crippen molar-refractivity contribution in [2.45, 2.75) is 24.2 Å². The minimum absolute atomic E-state index is 0.0300. The van der Waals surface area contributed by atoms with Crippen molar-refractivity contribution in [1.82, 2.24) is 5.32 Å². The molecule has 2 nitrogen and oxygen atoms in total. The maximum Gasteiger partial charge on any atom is 0.228 e. The number of halogens is 1. The van der Waals surface area contributed by atoms with Crippen molar-refractivity contribution < 1.29 is 4.79 Å². The molecule has 1 aromatic carbocycles. The number of hydrogen-bond donors (Lipinski definition) is 1. The third-order valence-electron chi connectivity index (χ3n) is 3.24. The van der Waals surface area contributed by atoms with Crippen LogP contribution in [0.4, 0.5) is 0 Å². The molecule has 0 aromatic heterocycles. The highest BCUT2D eigenvalue weighted by atomic mass is 79.9. The zero-order valence-corrected chi connectivity index (χ0v) is 12.9. The summed E-state index contributed by atoms with van der Waals surface area (Å²) in [7, 11) is 0.